The van der Waals surface area contributed by atoms with Gasteiger partial charge in [0.2, 0.25) is 5.91 Å². The van der Waals surface area contributed by atoms with Crippen LogP contribution in [0.3, 0.4) is 0 Å². The number of aryl methyl sites for hydroxylation is 3. The summed E-state index contributed by atoms with van der Waals surface area (Å²) in [6.45, 7) is 11.1. The quantitative estimate of drug-likeness (QED) is 0.194. The van der Waals surface area contributed by atoms with Gasteiger partial charge in [0.15, 0.2) is 0 Å². The molecule has 1 aromatic heterocycles. The number of hydrogen-bond acceptors (Lipinski definition) is 4. The second-order valence-electron chi connectivity index (χ2n) is 13.3. The fourth-order valence-electron chi connectivity index (χ4n) is 6.50. The molecule has 1 saturated heterocycles. The second-order valence-corrected chi connectivity index (χ2v) is 13.3. The van der Waals surface area contributed by atoms with E-state index in [1.54, 1.807) is 27.7 Å². The summed E-state index contributed by atoms with van der Waals surface area (Å²) in [6.07, 6.45) is -3.99. The predicted octanol–water partition coefficient (Wildman–Crippen LogP) is 7.35. The van der Waals surface area contributed by atoms with E-state index in [1.807, 2.05) is 4.90 Å². The molecular formula is C36H41F6N3O4. The van der Waals surface area contributed by atoms with Crippen molar-refractivity contribution >= 4 is 11.9 Å². The Hall–Kier alpha value is -4.13. The molecule has 1 unspecified atom stereocenters. The fourth-order valence-corrected chi connectivity index (χ4v) is 6.50. The molecule has 3 aromatic rings. The first-order valence-electron chi connectivity index (χ1n) is 16.1. The SMILES string of the molecule is Cc1cc(C)c(-c2cc(C)c(F)c([C@H](CC(=O)O)NC(=O)C(CC(C)C)n3cc(CCN4CCC4)c(C(F)(F)F)cc3=O)c2F)c(C)c1F. The van der Waals surface area contributed by atoms with Crippen LogP contribution in [-0.4, -0.2) is 46.1 Å². The zero-order valence-corrected chi connectivity index (χ0v) is 28.3. The van der Waals surface area contributed by atoms with E-state index in [0.717, 1.165) is 30.3 Å². The molecule has 4 rings (SSSR count). The Morgan fingerprint density at radius 2 is 1.57 bits per heavy atom. The van der Waals surface area contributed by atoms with E-state index in [1.165, 1.54) is 26.0 Å². The summed E-state index contributed by atoms with van der Waals surface area (Å²) in [7, 11) is 0. The Kier molecular flexibility index (Phi) is 11.4. The van der Waals surface area contributed by atoms with E-state index in [9.17, 15) is 37.1 Å². The van der Waals surface area contributed by atoms with Gasteiger partial charge in [0.05, 0.1) is 18.0 Å². The lowest BCUT2D eigenvalue weighted by Crippen LogP contribution is -2.41. The van der Waals surface area contributed by atoms with Gasteiger partial charge in [-0.25, -0.2) is 13.2 Å². The number of nitrogens with zero attached hydrogens (tertiary/aromatic N) is 2. The summed E-state index contributed by atoms with van der Waals surface area (Å²) in [5.41, 5.74) is -2.46. The molecule has 2 atom stereocenters. The molecule has 7 nitrogen and oxygen atoms in total. The Morgan fingerprint density at radius 3 is 2.12 bits per heavy atom. The fraction of sp³-hybridized carbons (Fsp3) is 0.472. The summed E-state index contributed by atoms with van der Waals surface area (Å²) < 4.78 is 90.1. The normalized spacial score (nSPS) is 14.9. The average Bonchev–Trinajstić information content (AvgIpc) is 2.96. The van der Waals surface area contributed by atoms with Crippen molar-refractivity contribution in [2.75, 3.05) is 19.6 Å². The molecule has 1 fully saturated rings. The number of carboxylic acids is 1. The molecule has 266 valence electrons. The summed E-state index contributed by atoms with van der Waals surface area (Å²) >= 11 is 0. The van der Waals surface area contributed by atoms with E-state index < -0.39 is 70.7 Å². The maximum absolute atomic E-state index is 16.5. The molecule has 1 aliphatic rings. The first-order chi connectivity index (χ1) is 22.8. The minimum atomic E-state index is -4.83. The molecular weight excluding hydrogens is 652 g/mol. The van der Waals surface area contributed by atoms with Crippen LogP contribution < -0.4 is 10.9 Å². The van der Waals surface area contributed by atoms with Gasteiger partial charge in [-0.2, -0.15) is 13.2 Å². The van der Waals surface area contributed by atoms with Gasteiger partial charge < -0.3 is 19.9 Å². The van der Waals surface area contributed by atoms with E-state index in [2.05, 4.69) is 5.32 Å². The number of benzene rings is 2. The van der Waals surface area contributed by atoms with Crippen LogP contribution in [0.2, 0.25) is 0 Å². The first kappa shape index (κ1) is 37.7. The van der Waals surface area contributed by atoms with Crippen LogP contribution in [0.4, 0.5) is 26.3 Å². The molecule has 0 radical (unpaired) electrons. The zero-order chi connectivity index (χ0) is 36.5. The lowest BCUT2D eigenvalue weighted by atomic mass is 9.88. The Morgan fingerprint density at radius 1 is 0.939 bits per heavy atom. The Balaban J connectivity index is 1.83. The van der Waals surface area contributed by atoms with Crippen molar-refractivity contribution in [3.05, 3.63) is 91.1 Å². The standard InChI is InChI=1S/C36H41F6N3O4/c1-18(2)12-27(45-17-23(8-11-44-9-7-10-44)25(15-28(45)46)36(40,41)42)35(49)43-26(16-29(47)48)31-33(38)21(5)14-24(34(31)39)30-19(3)13-20(4)32(37)22(30)6/h13-15,17-18,26-27H,7-12,16H2,1-6H3,(H,43,49)(H,47,48)/t26-,27?/m0/s1. The topological polar surface area (TPSA) is 91.6 Å². The molecule has 2 aromatic carbocycles. The summed E-state index contributed by atoms with van der Waals surface area (Å²) in [5.74, 6) is -5.73. The van der Waals surface area contributed by atoms with Crippen LogP contribution >= 0.6 is 0 Å². The van der Waals surface area contributed by atoms with Gasteiger partial charge in [-0.1, -0.05) is 19.9 Å². The smallest absolute Gasteiger partial charge is 0.416 e. The van der Waals surface area contributed by atoms with Crippen LogP contribution in [0.5, 0.6) is 0 Å². The molecule has 1 amide bonds. The van der Waals surface area contributed by atoms with Gasteiger partial charge in [0, 0.05) is 29.9 Å². The summed E-state index contributed by atoms with van der Waals surface area (Å²) in [6, 6.07) is -0.117. The average molecular weight is 694 g/mol. The largest absolute Gasteiger partial charge is 0.481 e. The number of aromatic nitrogens is 1. The van der Waals surface area contributed by atoms with Crippen molar-refractivity contribution in [1.29, 1.82) is 0 Å². The molecule has 0 aliphatic carbocycles. The Bertz CT molecular complexity index is 1810. The summed E-state index contributed by atoms with van der Waals surface area (Å²) in [4.78, 5) is 41.1. The van der Waals surface area contributed by atoms with Crippen molar-refractivity contribution in [1.82, 2.24) is 14.8 Å². The zero-order valence-electron chi connectivity index (χ0n) is 28.3. The molecule has 2 heterocycles. The molecule has 13 heteroatoms. The van der Waals surface area contributed by atoms with Crippen LogP contribution in [0.25, 0.3) is 11.1 Å². The third-order valence-corrected chi connectivity index (χ3v) is 9.06. The van der Waals surface area contributed by atoms with Crippen molar-refractivity contribution < 1.29 is 41.0 Å². The highest BCUT2D eigenvalue weighted by Gasteiger charge is 2.37. The van der Waals surface area contributed by atoms with E-state index >= 15 is 8.78 Å². The molecule has 0 spiro atoms. The maximum atomic E-state index is 16.5. The lowest BCUT2D eigenvalue weighted by molar-refractivity contribution is -0.139. The minimum absolute atomic E-state index is 0.0479. The first-order valence-corrected chi connectivity index (χ1v) is 16.1. The number of carbonyl (C=O) groups is 2. The lowest BCUT2D eigenvalue weighted by Gasteiger charge is -2.31. The van der Waals surface area contributed by atoms with Crippen LogP contribution in [-0.2, 0) is 22.2 Å². The van der Waals surface area contributed by atoms with E-state index in [0.29, 0.717) is 23.7 Å². The molecule has 0 bridgehead atoms. The van der Waals surface area contributed by atoms with Crippen molar-refractivity contribution in [2.24, 2.45) is 5.92 Å². The van der Waals surface area contributed by atoms with Gasteiger partial charge in [0.25, 0.3) is 5.56 Å². The molecule has 2 N–H and O–H groups in total. The third-order valence-electron chi connectivity index (χ3n) is 9.06. The maximum Gasteiger partial charge on any atom is 0.416 e. The number of amides is 1. The van der Waals surface area contributed by atoms with Crippen molar-refractivity contribution in [3.63, 3.8) is 0 Å². The van der Waals surface area contributed by atoms with Gasteiger partial charge >= 0.3 is 12.1 Å². The van der Waals surface area contributed by atoms with Gasteiger partial charge in [-0.15, -0.1) is 0 Å². The number of rotatable bonds is 12. The highest BCUT2D eigenvalue weighted by atomic mass is 19.4. The number of alkyl halides is 3. The number of aliphatic carboxylic acids is 1. The number of carboxylic acid groups (broad SMARTS) is 1. The van der Waals surface area contributed by atoms with Crippen LogP contribution in [0, 0.1) is 51.1 Å². The predicted molar refractivity (Wildman–Crippen MR) is 173 cm³/mol. The van der Waals surface area contributed by atoms with Gasteiger partial charge in [-0.05, 0) is 105 Å². The highest BCUT2D eigenvalue weighted by molar-refractivity contribution is 5.82. The minimum Gasteiger partial charge on any atom is -0.481 e. The molecule has 49 heavy (non-hydrogen) atoms. The van der Waals surface area contributed by atoms with E-state index in [-0.39, 0.29) is 46.6 Å². The van der Waals surface area contributed by atoms with Crippen molar-refractivity contribution in [3.8, 4) is 11.1 Å². The molecule has 0 saturated carbocycles. The third kappa shape index (κ3) is 8.20. The second kappa shape index (κ2) is 14.8. The highest BCUT2D eigenvalue weighted by Crippen LogP contribution is 2.38. The van der Waals surface area contributed by atoms with Gasteiger partial charge in [-0.3, -0.25) is 14.4 Å². The number of pyridine rings is 1. The monoisotopic (exact) mass is 693 g/mol. The number of likely N-dealkylation sites (tertiary alicyclic amines) is 1. The van der Waals surface area contributed by atoms with Gasteiger partial charge in [0.1, 0.15) is 23.5 Å². The van der Waals surface area contributed by atoms with E-state index in [4.69, 9.17) is 0 Å². The van der Waals surface area contributed by atoms with Crippen LogP contribution in [0.1, 0.15) is 84.1 Å². The van der Waals surface area contributed by atoms with Crippen molar-refractivity contribution in [2.45, 2.75) is 85.5 Å². The summed E-state index contributed by atoms with van der Waals surface area (Å²) in [5, 5.41) is 12.2. The number of carbonyl (C=O) groups excluding carboxylic acids is 1. The Labute approximate surface area is 280 Å². The number of halogens is 6. The molecule has 1 aliphatic heterocycles. The number of hydrogen-bond donors (Lipinski definition) is 2. The van der Waals surface area contributed by atoms with Crippen LogP contribution in [0.15, 0.2) is 29.2 Å². The number of nitrogens with one attached hydrogen (secondary N) is 1.